The van der Waals surface area contributed by atoms with E-state index in [0.717, 1.165) is 0 Å². The quantitative estimate of drug-likeness (QED) is 0.630. The van der Waals surface area contributed by atoms with Crippen LogP contribution in [0.25, 0.3) is 0 Å². The number of aryl methyl sites for hydroxylation is 1. The number of carboxylic acid groups (broad SMARTS) is 1. The van der Waals surface area contributed by atoms with Crippen molar-refractivity contribution >= 4 is 23.6 Å². The van der Waals surface area contributed by atoms with E-state index >= 15 is 0 Å². The lowest BCUT2D eigenvalue weighted by atomic mass is 9.97. The summed E-state index contributed by atoms with van der Waals surface area (Å²) in [7, 11) is 0. The van der Waals surface area contributed by atoms with Crippen LogP contribution in [0, 0.1) is 12.8 Å². The molecule has 1 saturated heterocycles. The number of likely N-dealkylation sites (tertiary alicyclic amines) is 1. The predicted octanol–water partition coefficient (Wildman–Crippen LogP) is 0.737. The Bertz CT molecular complexity index is 628. The lowest BCUT2D eigenvalue weighted by Gasteiger charge is -2.31. The Labute approximate surface area is 125 Å². The van der Waals surface area contributed by atoms with E-state index in [1.807, 2.05) is 0 Å². The minimum absolute atomic E-state index is 0.195. The maximum atomic E-state index is 12.6. The molecule has 1 amide bonds. The second kappa shape index (κ2) is 6.30. The molecule has 0 unspecified atom stereocenters. The van der Waals surface area contributed by atoms with Crippen molar-refractivity contribution in [2.24, 2.45) is 5.92 Å². The van der Waals surface area contributed by atoms with Crippen molar-refractivity contribution in [2.45, 2.75) is 24.8 Å². The van der Waals surface area contributed by atoms with Gasteiger partial charge < -0.3 is 15.0 Å². The van der Waals surface area contributed by atoms with Crippen molar-refractivity contribution in [3.05, 3.63) is 21.7 Å². The molecule has 0 aliphatic carbocycles. The minimum atomic E-state index is -0.881. The van der Waals surface area contributed by atoms with E-state index in [9.17, 15) is 14.4 Å². The first-order chi connectivity index (χ1) is 9.93. The number of piperidine rings is 1. The molecule has 0 bridgehead atoms. The Balaban J connectivity index is 2.32. The summed E-state index contributed by atoms with van der Waals surface area (Å²) in [5.74, 6) is -1.68. The maximum absolute atomic E-state index is 12.6. The first-order valence-electron chi connectivity index (χ1n) is 6.61. The van der Waals surface area contributed by atoms with Crippen LogP contribution in [-0.2, 0) is 4.79 Å². The zero-order chi connectivity index (χ0) is 15.6. The number of amides is 1. The maximum Gasteiger partial charge on any atom is 0.346 e. The SMILES string of the molecule is CSc1nc(=O)[nH]c(C)c1C(=O)N1CCC[C@H](C(=O)O)C1. The monoisotopic (exact) mass is 311 g/mol. The van der Waals surface area contributed by atoms with Gasteiger partial charge >= 0.3 is 11.7 Å². The van der Waals surface area contributed by atoms with Crippen molar-refractivity contribution < 1.29 is 14.7 Å². The summed E-state index contributed by atoms with van der Waals surface area (Å²) < 4.78 is 0. The van der Waals surface area contributed by atoms with Crippen LogP contribution in [0.4, 0.5) is 0 Å². The Kier molecular flexibility index (Phi) is 4.66. The van der Waals surface area contributed by atoms with Crippen molar-refractivity contribution in [1.29, 1.82) is 0 Å². The van der Waals surface area contributed by atoms with Crippen LogP contribution < -0.4 is 5.69 Å². The number of hydrogen-bond donors (Lipinski definition) is 2. The molecule has 7 nitrogen and oxygen atoms in total. The zero-order valence-corrected chi connectivity index (χ0v) is 12.7. The fourth-order valence-corrected chi connectivity index (χ4v) is 3.10. The van der Waals surface area contributed by atoms with Gasteiger partial charge in [0.2, 0.25) is 0 Å². The van der Waals surface area contributed by atoms with Gasteiger partial charge in [-0.3, -0.25) is 9.59 Å². The molecule has 1 fully saturated rings. The first-order valence-corrected chi connectivity index (χ1v) is 7.83. The number of hydrogen-bond acceptors (Lipinski definition) is 5. The highest BCUT2D eigenvalue weighted by Gasteiger charge is 2.30. The Morgan fingerprint density at radius 1 is 1.48 bits per heavy atom. The molecule has 0 aromatic carbocycles. The molecule has 1 aliphatic heterocycles. The third-order valence-electron chi connectivity index (χ3n) is 3.55. The van der Waals surface area contributed by atoms with Crippen LogP contribution in [0.3, 0.4) is 0 Å². The third kappa shape index (κ3) is 3.26. The minimum Gasteiger partial charge on any atom is -0.481 e. The van der Waals surface area contributed by atoms with Crippen LogP contribution >= 0.6 is 11.8 Å². The van der Waals surface area contributed by atoms with Gasteiger partial charge in [0, 0.05) is 18.8 Å². The summed E-state index contributed by atoms with van der Waals surface area (Å²) in [6.07, 6.45) is 2.98. The first kappa shape index (κ1) is 15.6. The lowest BCUT2D eigenvalue weighted by molar-refractivity contribution is -0.143. The smallest absolute Gasteiger partial charge is 0.346 e. The summed E-state index contributed by atoms with van der Waals surface area (Å²) in [5, 5.41) is 9.47. The topological polar surface area (TPSA) is 103 Å². The number of nitrogens with one attached hydrogen (secondary N) is 1. The van der Waals surface area contributed by atoms with Gasteiger partial charge in [-0.25, -0.2) is 4.79 Å². The highest BCUT2D eigenvalue weighted by molar-refractivity contribution is 7.98. The van der Waals surface area contributed by atoms with E-state index in [1.165, 1.54) is 16.7 Å². The number of aromatic nitrogens is 2. The average molecular weight is 311 g/mol. The summed E-state index contributed by atoms with van der Waals surface area (Å²) in [5.41, 5.74) is 0.324. The average Bonchev–Trinajstić information content (AvgIpc) is 2.45. The third-order valence-corrected chi connectivity index (χ3v) is 4.23. The van der Waals surface area contributed by atoms with Crippen molar-refractivity contribution in [1.82, 2.24) is 14.9 Å². The molecule has 0 saturated carbocycles. The van der Waals surface area contributed by atoms with Crippen molar-refractivity contribution in [2.75, 3.05) is 19.3 Å². The van der Waals surface area contributed by atoms with E-state index in [4.69, 9.17) is 5.11 Å². The van der Waals surface area contributed by atoms with E-state index in [1.54, 1.807) is 13.2 Å². The van der Waals surface area contributed by atoms with Gasteiger partial charge in [-0.05, 0) is 26.0 Å². The number of thioether (sulfide) groups is 1. The van der Waals surface area contributed by atoms with Gasteiger partial charge in [0.25, 0.3) is 5.91 Å². The molecule has 1 aromatic rings. The van der Waals surface area contributed by atoms with E-state index in [-0.39, 0.29) is 12.5 Å². The number of aromatic amines is 1. The lowest BCUT2D eigenvalue weighted by Crippen LogP contribution is -2.43. The number of H-pyrrole nitrogens is 1. The van der Waals surface area contributed by atoms with Gasteiger partial charge in [-0.15, -0.1) is 11.8 Å². The summed E-state index contributed by atoms with van der Waals surface area (Å²) >= 11 is 1.23. The van der Waals surface area contributed by atoms with Crippen LogP contribution in [0.5, 0.6) is 0 Å². The molecule has 1 atom stereocenters. The molecule has 2 N–H and O–H groups in total. The molecule has 21 heavy (non-hydrogen) atoms. The fraction of sp³-hybridized carbons (Fsp3) is 0.538. The molecule has 1 aromatic heterocycles. The highest BCUT2D eigenvalue weighted by atomic mass is 32.2. The number of rotatable bonds is 3. The summed E-state index contributed by atoms with van der Waals surface area (Å²) in [6, 6.07) is 0. The standard InChI is InChI=1S/C13H17N3O4S/c1-7-9(10(21-2)15-13(20)14-7)11(17)16-5-3-4-8(6-16)12(18)19/h8H,3-6H2,1-2H3,(H,18,19)(H,14,15,20)/t8-/m0/s1. The Morgan fingerprint density at radius 2 is 2.19 bits per heavy atom. The van der Waals surface area contributed by atoms with E-state index in [2.05, 4.69) is 9.97 Å². The van der Waals surface area contributed by atoms with Crippen LogP contribution in [0.2, 0.25) is 0 Å². The van der Waals surface area contributed by atoms with Gasteiger partial charge in [-0.1, -0.05) is 0 Å². The zero-order valence-electron chi connectivity index (χ0n) is 11.9. The van der Waals surface area contributed by atoms with Crippen molar-refractivity contribution in [3.63, 3.8) is 0 Å². The number of carbonyl (C=O) groups is 2. The number of aliphatic carboxylic acids is 1. The van der Waals surface area contributed by atoms with Gasteiger partial charge in [0.05, 0.1) is 11.5 Å². The number of carboxylic acids is 1. The molecular weight excluding hydrogens is 294 g/mol. The molecule has 114 valence electrons. The van der Waals surface area contributed by atoms with Gasteiger partial charge in [-0.2, -0.15) is 4.98 Å². The van der Waals surface area contributed by atoms with Crippen LogP contribution in [0.1, 0.15) is 28.9 Å². The number of nitrogens with zero attached hydrogens (tertiary/aromatic N) is 2. The molecular formula is C13H17N3O4S. The predicted molar refractivity (Wildman–Crippen MR) is 77.6 cm³/mol. The van der Waals surface area contributed by atoms with Gasteiger partial charge in [0.15, 0.2) is 0 Å². The molecule has 2 rings (SSSR count). The normalized spacial score (nSPS) is 18.6. The molecule has 0 spiro atoms. The summed E-state index contributed by atoms with van der Waals surface area (Å²) in [6.45, 7) is 2.37. The summed E-state index contributed by atoms with van der Waals surface area (Å²) in [4.78, 5) is 43.0. The molecule has 1 aliphatic rings. The van der Waals surface area contributed by atoms with Crippen LogP contribution in [-0.4, -0.2) is 51.2 Å². The van der Waals surface area contributed by atoms with Gasteiger partial charge in [0.1, 0.15) is 5.03 Å². The molecule has 2 heterocycles. The van der Waals surface area contributed by atoms with Crippen LogP contribution in [0.15, 0.2) is 9.82 Å². The largest absolute Gasteiger partial charge is 0.481 e. The highest BCUT2D eigenvalue weighted by Crippen LogP contribution is 2.23. The Hall–Kier alpha value is -1.83. The van der Waals surface area contributed by atoms with Crippen molar-refractivity contribution in [3.8, 4) is 0 Å². The fourth-order valence-electron chi connectivity index (χ4n) is 2.48. The second-order valence-corrected chi connectivity index (χ2v) is 5.77. The molecule has 0 radical (unpaired) electrons. The van der Waals surface area contributed by atoms with E-state index in [0.29, 0.717) is 35.7 Å². The second-order valence-electron chi connectivity index (χ2n) is 4.98. The Morgan fingerprint density at radius 3 is 2.81 bits per heavy atom. The number of carbonyl (C=O) groups excluding carboxylic acids is 1. The van der Waals surface area contributed by atoms with E-state index < -0.39 is 17.6 Å². The molecule has 8 heteroatoms.